The third-order valence-electron chi connectivity index (χ3n) is 7.34. The molecule has 0 aliphatic rings. The molecule has 2 atom stereocenters. The van der Waals surface area contributed by atoms with Crippen LogP contribution in [0.3, 0.4) is 0 Å². The largest absolute Gasteiger partial charge is 0.444 e. The van der Waals surface area contributed by atoms with E-state index in [-0.39, 0.29) is 18.7 Å². The number of alkyl halides is 3. The van der Waals surface area contributed by atoms with E-state index in [4.69, 9.17) is 9.16 Å². The molecule has 3 aromatic rings. The van der Waals surface area contributed by atoms with Crippen LogP contribution < -0.4 is 16.2 Å². The summed E-state index contributed by atoms with van der Waals surface area (Å²) in [7, 11) is -2.92. The molecule has 0 spiro atoms. The van der Waals surface area contributed by atoms with Crippen molar-refractivity contribution in [2.24, 2.45) is 0 Å². The minimum Gasteiger partial charge on any atom is -0.444 e. The van der Waals surface area contributed by atoms with Gasteiger partial charge in [0.2, 0.25) is 5.91 Å². The van der Waals surface area contributed by atoms with Crippen molar-refractivity contribution in [1.82, 2.24) is 9.88 Å². The SMILES string of the molecule is CC(C)(C)[Si](C)(C)OC(C(Cc1ccccc1)NC(=O)Cn1cccc(NC(=O)OCc2ccccc2)c1=O)C(F)(F)F. The monoisotopic (exact) mass is 617 g/mol. The second-order valence-corrected chi connectivity index (χ2v) is 16.5. The molecule has 0 aliphatic carbocycles. The number of aromatic nitrogens is 1. The lowest BCUT2D eigenvalue weighted by Gasteiger charge is -2.42. The summed E-state index contributed by atoms with van der Waals surface area (Å²) in [5.74, 6) is -0.820. The van der Waals surface area contributed by atoms with Crippen LogP contribution in [0.2, 0.25) is 18.1 Å². The average Bonchev–Trinajstić information content (AvgIpc) is 2.92. The van der Waals surface area contributed by atoms with Gasteiger partial charge in [-0.25, -0.2) is 4.79 Å². The lowest BCUT2D eigenvalue weighted by atomic mass is 10.0. The van der Waals surface area contributed by atoms with Crippen LogP contribution in [0, 0.1) is 0 Å². The quantitative estimate of drug-likeness (QED) is 0.247. The van der Waals surface area contributed by atoms with Crippen LogP contribution in [0.5, 0.6) is 0 Å². The minimum absolute atomic E-state index is 0.0176. The van der Waals surface area contributed by atoms with E-state index in [2.05, 4.69) is 10.6 Å². The van der Waals surface area contributed by atoms with Crippen molar-refractivity contribution >= 4 is 26.0 Å². The Bertz CT molecular complexity index is 1420. The zero-order chi connectivity index (χ0) is 31.8. The number of pyridine rings is 1. The number of nitrogens with one attached hydrogen (secondary N) is 2. The zero-order valence-electron chi connectivity index (χ0n) is 24.9. The first-order chi connectivity index (χ1) is 20.1. The normalized spacial score (nSPS) is 13.6. The van der Waals surface area contributed by atoms with Gasteiger partial charge >= 0.3 is 12.3 Å². The molecule has 0 radical (unpaired) electrons. The number of hydrogen-bond donors (Lipinski definition) is 2. The van der Waals surface area contributed by atoms with Crippen LogP contribution in [-0.4, -0.2) is 43.2 Å². The van der Waals surface area contributed by atoms with Crippen LogP contribution in [0.1, 0.15) is 31.9 Å². The number of anilines is 1. The fourth-order valence-corrected chi connectivity index (χ4v) is 5.29. The van der Waals surface area contributed by atoms with Crippen LogP contribution in [-0.2, 0) is 33.5 Å². The van der Waals surface area contributed by atoms with Crippen molar-refractivity contribution in [2.45, 2.75) is 76.8 Å². The van der Waals surface area contributed by atoms with E-state index >= 15 is 0 Å². The van der Waals surface area contributed by atoms with Gasteiger partial charge in [-0.1, -0.05) is 81.4 Å². The predicted molar refractivity (Wildman–Crippen MR) is 161 cm³/mol. The van der Waals surface area contributed by atoms with E-state index in [0.717, 1.165) is 10.1 Å². The summed E-state index contributed by atoms with van der Waals surface area (Å²) in [5, 5.41) is 4.33. The second-order valence-electron chi connectivity index (χ2n) is 11.7. The minimum atomic E-state index is -4.77. The van der Waals surface area contributed by atoms with Crippen molar-refractivity contribution < 1.29 is 31.9 Å². The maximum Gasteiger partial charge on any atom is 0.415 e. The molecule has 2 N–H and O–H groups in total. The Morgan fingerprint density at radius 3 is 2.05 bits per heavy atom. The van der Waals surface area contributed by atoms with E-state index in [1.807, 2.05) is 26.8 Å². The number of nitrogens with zero attached hydrogens (tertiary/aromatic N) is 1. The second kappa shape index (κ2) is 14.0. The lowest BCUT2D eigenvalue weighted by molar-refractivity contribution is -0.206. The Morgan fingerprint density at radius 1 is 0.907 bits per heavy atom. The lowest BCUT2D eigenvalue weighted by Crippen LogP contribution is -2.58. The molecule has 8 nitrogen and oxygen atoms in total. The van der Waals surface area contributed by atoms with Gasteiger partial charge in [-0.3, -0.25) is 14.9 Å². The first kappa shape index (κ1) is 33.6. The number of benzene rings is 2. The highest BCUT2D eigenvalue weighted by Gasteiger charge is 2.51. The summed E-state index contributed by atoms with van der Waals surface area (Å²) in [5.41, 5.74) is 0.459. The topological polar surface area (TPSA) is 98.7 Å². The Labute approximate surface area is 250 Å². The average molecular weight is 618 g/mol. The van der Waals surface area contributed by atoms with Crippen LogP contribution >= 0.6 is 0 Å². The third-order valence-corrected chi connectivity index (χ3v) is 11.8. The third kappa shape index (κ3) is 9.82. The Hall–Kier alpha value is -3.90. The molecule has 2 unspecified atom stereocenters. The van der Waals surface area contributed by atoms with Gasteiger partial charge in [0, 0.05) is 6.20 Å². The Kier molecular flexibility index (Phi) is 11.0. The van der Waals surface area contributed by atoms with Gasteiger partial charge in [0.25, 0.3) is 5.56 Å². The van der Waals surface area contributed by atoms with Crippen molar-refractivity contribution in [3.8, 4) is 0 Å². The number of carbonyl (C=O) groups is 2. The highest BCUT2D eigenvalue weighted by Crippen LogP contribution is 2.40. The summed E-state index contributed by atoms with van der Waals surface area (Å²) in [4.78, 5) is 38.4. The molecule has 0 bridgehead atoms. The summed E-state index contributed by atoms with van der Waals surface area (Å²) in [6, 6.07) is 18.8. The fourth-order valence-electron chi connectivity index (χ4n) is 4.01. The van der Waals surface area contributed by atoms with E-state index in [1.165, 1.54) is 18.3 Å². The molecule has 1 heterocycles. The maximum atomic E-state index is 14.5. The molecule has 43 heavy (non-hydrogen) atoms. The van der Waals surface area contributed by atoms with E-state index < -0.39 is 55.8 Å². The first-order valence-corrected chi connectivity index (χ1v) is 16.7. The van der Waals surface area contributed by atoms with E-state index in [1.54, 1.807) is 67.7 Å². The molecule has 2 aromatic carbocycles. The van der Waals surface area contributed by atoms with Crippen LogP contribution in [0.15, 0.2) is 83.8 Å². The highest BCUT2D eigenvalue weighted by molar-refractivity contribution is 6.74. The smallest absolute Gasteiger partial charge is 0.415 e. The number of carbonyl (C=O) groups excluding carboxylic acids is 2. The Balaban J connectivity index is 1.79. The molecule has 0 saturated carbocycles. The standard InChI is InChI=1S/C31H38F3N3O5Si/c1-30(2,3)43(4,5)42-27(31(32,33)34)25(19-22-13-8-6-9-14-22)35-26(38)20-37-18-12-17-24(28(37)39)36-29(40)41-21-23-15-10-7-11-16-23/h6-18,25,27H,19-21H2,1-5H3,(H,35,38)(H,36,40). The van der Waals surface area contributed by atoms with Crippen molar-refractivity contribution in [2.75, 3.05) is 5.32 Å². The predicted octanol–water partition coefficient (Wildman–Crippen LogP) is 6.28. The molecule has 2 amide bonds. The molecule has 0 aliphatic heterocycles. The molecule has 0 fully saturated rings. The van der Waals surface area contributed by atoms with Crippen LogP contribution in [0.4, 0.5) is 23.7 Å². The highest BCUT2D eigenvalue weighted by atomic mass is 28.4. The molecule has 0 saturated heterocycles. The fraction of sp³-hybridized carbons (Fsp3) is 0.387. The summed E-state index contributed by atoms with van der Waals surface area (Å²) < 4.78 is 55.6. The number of halogens is 3. The molecule has 1 aromatic heterocycles. The maximum absolute atomic E-state index is 14.5. The zero-order valence-corrected chi connectivity index (χ0v) is 25.9. The molecule has 3 rings (SSSR count). The molecular formula is C31H38F3N3O5Si. The number of ether oxygens (including phenoxy) is 1. The number of amides is 2. The van der Waals surface area contributed by atoms with Gasteiger partial charge in [0.15, 0.2) is 14.4 Å². The van der Waals surface area contributed by atoms with E-state index in [0.29, 0.717) is 5.56 Å². The molecular weight excluding hydrogens is 579 g/mol. The number of rotatable bonds is 11. The summed E-state index contributed by atoms with van der Waals surface area (Å²) in [6.45, 7) is 8.35. The van der Waals surface area contributed by atoms with E-state index in [9.17, 15) is 27.6 Å². The Morgan fingerprint density at radius 2 is 1.49 bits per heavy atom. The van der Waals surface area contributed by atoms with Gasteiger partial charge in [-0.05, 0) is 47.8 Å². The molecule has 232 valence electrons. The van der Waals surface area contributed by atoms with Gasteiger partial charge in [0.05, 0.1) is 6.04 Å². The van der Waals surface area contributed by atoms with Gasteiger partial charge in [-0.15, -0.1) is 0 Å². The van der Waals surface area contributed by atoms with Gasteiger partial charge in [-0.2, -0.15) is 13.2 Å². The van der Waals surface area contributed by atoms with Crippen molar-refractivity contribution in [1.29, 1.82) is 0 Å². The van der Waals surface area contributed by atoms with Crippen molar-refractivity contribution in [3.05, 3.63) is 100 Å². The van der Waals surface area contributed by atoms with Crippen molar-refractivity contribution in [3.63, 3.8) is 0 Å². The van der Waals surface area contributed by atoms with Gasteiger partial charge in [0.1, 0.15) is 18.8 Å². The molecule has 12 heteroatoms. The summed E-state index contributed by atoms with van der Waals surface area (Å²) in [6.07, 6.45) is -6.76. The van der Waals surface area contributed by atoms with Gasteiger partial charge < -0.3 is 19.0 Å². The first-order valence-electron chi connectivity index (χ1n) is 13.8. The summed E-state index contributed by atoms with van der Waals surface area (Å²) >= 11 is 0. The van der Waals surface area contributed by atoms with Crippen LogP contribution in [0.25, 0.3) is 0 Å². The number of hydrogen-bond acceptors (Lipinski definition) is 5.